The second-order valence-corrected chi connectivity index (χ2v) is 7.32. The van der Waals surface area contributed by atoms with E-state index in [0.717, 1.165) is 25.7 Å². The Hall–Kier alpha value is -1.54. The van der Waals surface area contributed by atoms with E-state index < -0.39 is 11.6 Å². The van der Waals surface area contributed by atoms with Crippen molar-refractivity contribution in [2.24, 2.45) is 0 Å². The van der Waals surface area contributed by atoms with Crippen LogP contribution < -0.4 is 10.6 Å². The van der Waals surface area contributed by atoms with Crippen molar-refractivity contribution >= 4 is 35.1 Å². The van der Waals surface area contributed by atoms with Gasteiger partial charge < -0.3 is 5.32 Å². The largest absolute Gasteiger partial charge is 0.352 e. The molecule has 0 aromatic carbocycles. The van der Waals surface area contributed by atoms with Gasteiger partial charge in [0.15, 0.2) is 5.11 Å². The number of hydrogen-bond donors (Lipinski definition) is 2. The van der Waals surface area contributed by atoms with Crippen LogP contribution in [0.1, 0.15) is 52.4 Å². The maximum atomic E-state index is 12.7. The topological polar surface area (TPSA) is 81.8 Å². The maximum absolute atomic E-state index is 12.7. The highest BCUT2D eigenvalue weighted by Crippen LogP contribution is 2.32. The number of hydrogen-bond acceptors (Lipinski definition) is 5. The van der Waals surface area contributed by atoms with Crippen LogP contribution in [0.3, 0.4) is 0 Å². The summed E-state index contributed by atoms with van der Waals surface area (Å²) in [6, 6.07) is -0.530. The Kier molecular flexibility index (Phi) is 4.14. The fourth-order valence-corrected chi connectivity index (χ4v) is 3.89. The Morgan fingerprint density at radius 1 is 1.26 bits per heavy atom. The fourth-order valence-electron chi connectivity index (χ4n) is 3.60. The second-order valence-electron chi connectivity index (χ2n) is 6.93. The van der Waals surface area contributed by atoms with Gasteiger partial charge in [-0.1, -0.05) is 19.3 Å². The molecule has 2 N–H and O–H groups in total. The highest BCUT2D eigenvalue weighted by molar-refractivity contribution is 7.80. The third-order valence-corrected chi connectivity index (χ3v) is 5.19. The minimum Gasteiger partial charge on any atom is -0.352 e. The molecule has 2 aliphatic heterocycles. The zero-order valence-electron chi connectivity index (χ0n) is 13.4. The van der Waals surface area contributed by atoms with Crippen LogP contribution >= 0.6 is 12.2 Å². The van der Waals surface area contributed by atoms with Gasteiger partial charge in [-0.15, -0.1) is 0 Å². The van der Waals surface area contributed by atoms with E-state index in [0.29, 0.717) is 0 Å². The van der Waals surface area contributed by atoms with Crippen molar-refractivity contribution in [2.75, 3.05) is 0 Å². The molecular weight excluding hydrogens is 316 g/mol. The predicted octanol–water partition coefficient (Wildman–Crippen LogP) is 0.447. The Morgan fingerprint density at radius 3 is 2.57 bits per heavy atom. The third-order valence-electron chi connectivity index (χ3n) is 4.91. The molecule has 3 aliphatic rings. The summed E-state index contributed by atoms with van der Waals surface area (Å²) in [6.07, 6.45) is 5.41. The van der Waals surface area contributed by atoms with E-state index in [1.54, 1.807) is 13.8 Å². The number of carbonyl (C=O) groups excluding carboxylic acids is 3. The van der Waals surface area contributed by atoms with Crippen molar-refractivity contribution in [3.05, 3.63) is 0 Å². The normalized spacial score (nSPS) is 28.5. The number of nitrogens with one attached hydrogen (secondary N) is 2. The molecule has 3 fully saturated rings. The molecule has 8 heteroatoms. The van der Waals surface area contributed by atoms with Crippen molar-refractivity contribution in [3.63, 3.8) is 0 Å². The van der Waals surface area contributed by atoms with E-state index in [1.807, 2.05) is 0 Å². The number of thiocarbonyl (C=S) groups is 1. The van der Waals surface area contributed by atoms with Crippen molar-refractivity contribution in [3.8, 4) is 0 Å². The molecule has 0 aromatic rings. The van der Waals surface area contributed by atoms with Gasteiger partial charge in [-0.25, -0.2) is 5.01 Å². The van der Waals surface area contributed by atoms with Crippen LogP contribution in [-0.2, 0) is 14.4 Å². The first-order valence-corrected chi connectivity index (χ1v) is 8.51. The minimum atomic E-state index is -1.01. The Labute approximate surface area is 140 Å². The van der Waals surface area contributed by atoms with Gasteiger partial charge >= 0.3 is 0 Å². The first-order chi connectivity index (χ1) is 10.8. The molecule has 1 aliphatic carbocycles. The van der Waals surface area contributed by atoms with Crippen LogP contribution in [0.5, 0.6) is 0 Å². The summed E-state index contributed by atoms with van der Waals surface area (Å²) in [5.74, 6) is -0.755. The predicted molar refractivity (Wildman–Crippen MR) is 86.9 cm³/mol. The number of amides is 3. The molecule has 3 amide bonds. The molecule has 23 heavy (non-hydrogen) atoms. The van der Waals surface area contributed by atoms with Gasteiger partial charge in [-0.3, -0.25) is 19.7 Å². The van der Waals surface area contributed by atoms with Gasteiger partial charge in [-0.2, -0.15) is 5.01 Å². The van der Waals surface area contributed by atoms with Gasteiger partial charge in [0, 0.05) is 6.04 Å². The van der Waals surface area contributed by atoms with Gasteiger partial charge in [0.2, 0.25) is 17.7 Å². The summed E-state index contributed by atoms with van der Waals surface area (Å²) in [5, 5.41) is 8.43. The van der Waals surface area contributed by atoms with Crippen LogP contribution in [-0.4, -0.2) is 50.5 Å². The van der Waals surface area contributed by atoms with Gasteiger partial charge in [0.25, 0.3) is 0 Å². The summed E-state index contributed by atoms with van der Waals surface area (Å²) < 4.78 is 0. The van der Waals surface area contributed by atoms with Gasteiger partial charge in [0.05, 0.1) is 6.42 Å². The van der Waals surface area contributed by atoms with Crippen LogP contribution in [0.4, 0.5) is 0 Å². The number of fused-ring (bicyclic) bond motifs is 1. The maximum Gasteiger partial charge on any atom is 0.248 e. The molecule has 2 heterocycles. The number of carbonyl (C=O) groups is 3. The zero-order chi connectivity index (χ0) is 16.8. The van der Waals surface area contributed by atoms with Crippen molar-refractivity contribution in [1.82, 2.24) is 20.7 Å². The molecule has 1 atom stereocenters. The second kappa shape index (κ2) is 5.83. The van der Waals surface area contributed by atoms with Gasteiger partial charge in [-0.05, 0) is 38.9 Å². The summed E-state index contributed by atoms with van der Waals surface area (Å²) in [4.78, 5) is 37.2. The Morgan fingerprint density at radius 2 is 1.91 bits per heavy atom. The molecule has 0 aromatic heterocycles. The lowest BCUT2D eigenvalue weighted by Crippen LogP contribution is -2.71. The van der Waals surface area contributed by atoms with E-state index >= 15 is 0 Å². The summed E-state index contributed by atoms with van der Waals surface area (Å²) >= 11 is 5.10. The molecule has 1 saturated carbocycles. The van der Waals surface area contributed by atoms with E-state index in [4.69, 9.17) is 12.2 Å². The number of nitrogens with zero attached hydrogens (tertiary/aromatic N) is 2. The molecule has 2 saturated heterocycles. The fraction of sp³-hybridized carbons (Fsp3) is 0.733. The summed E-state index contributed by atoms with van der Waals surface area (Å²) in [5.41, 5.74) is -1.01. The number of hydrazine groups is 1. The molecule has 0 bridgehead atoms. The van der Waals surface area contributed by atoms with E-state index in [-0.39, 0.29) is 35.3 Å². The minimum absolute atomic E-state index is 0.0388. The average Bonchev–Trinajstić information content (AvgIpc) is 2.85. The zero-order valence-corrected chi connectivity index (χ0v) is 14.2. The quantitative estimate of drug-likeness (QED) is 0.715. The van der Waals surface area contributed by atoms with E-state index in [9.17, 15) is 14.4 Å². The van der Waals surface area contributed by atoms with E-state index in [2.05, 4.69) is 10.6 Å². The first kappa shape index (κ1) is 16.3. The summed E-state index contributed by atoms with van der Waals surface area (Å²) in [7, 11) is 0. The van der Waals surface area contributed by atoms with Crippen LogP contribution in [0.2, 0.25) is 0 Å². The SMILES string of the molecule is CC1(C)C(=O)NC(=S)N2C(=O)C[C@H](C(=O)NC3CCCCC3)N21. The number of rotatable bonds is 2. The van der Waals surface area contributed by atoms with Crippen molar-refractivity contribution in [1.29, 1.82) is 0 Å². The summed E-state index contributed by atoms with van der Waals surface area (Å²) in [6.45, 7) is 3.38. The molecule has 126 valence electrons. The molecule has 0 spiro atoms. The van der Waals surface area contributed by atoms with Gasteiger partial charge in [0.1, 0.15) is 11.6 Å². The highest BCUT2D eigenvalue weighted by atomic mass is 32.1. The molecule has 0 radical (unpaired) electrons. The monoisotopic (exact) mass is 338 g/mol. The lowest BCUT2D eigenvalue weighted by Gasteiger charge is -2.46. The smallest absolute Gasteiger partial charge is 0.248 e. The van der Waals surface area contributed by atoms with Crippen LogP contribution in [0.25, 0.3) is 0 Å². The molecule has 0 unspecified atom stereocenters. The van der Waals surface area contributed by atoms with Crippen LogP contribution in [0, 0.1) is 0 Å². The standard InChI is InChI=1S/C15H22N4O3S/c1-15(2)13(22)17-14(23)18-11(20)8-10(19(15)18)12(21)16-9-6-4-3-5-7-9/h9-10H,3-8H2,1-2H3,(H,16,21)(H,17,22,23)/t10-/m1/s1. The van der Waals surface area contributed by atoms with E-state index in [1.165, 1.54) is 16.4 Å². The molecule has 3 rings (SSSR count). The van der Waals surface area contributed by atoms with Crippen molar-refractivity contribution < 1.29 is 14.4 Å². The lowest BCUT2D eigenvalue weighted by atomic mass is 9.95. The Bertz CT molecular complexity index is 571. The lowest BCUT2D eigenvalue weighted by molar-refractivity contribution is -0.155. The first-order valence-electron chi connectivity index (χ1n) is 8.10. The Balaban J connectivity index is 1.81. The molecule has 7 nitrogen and oxygen atoms in total. The van der Waals surface area contributed by atoms with Crippen LogP contribution in [0.15, 0.2) is 0 Å². The third kappa shape index (κ3) is 2.74. The highest BCUT2D eigenvalue weighted by Gasteiger charge is 2.56. The average molecular weight is 338 g/mol. The van der Waals surface area contributed by atoms with Crippen molar-refractivity contribution in [2.45, 2.75) is 70.0 Å². The molecular formula is C15H22N4O3S.